The summed E-state index contributed by atoms with van der Waals surface area (Å²) in [5, 5.41) is 0. The van der Waals surface area contributed by atoms with E-state index < -0.39 is 0 Å². The van der Waals surface area contributed by atoms with Crippen molar-refractivity contribution in [3.8, 4) is 0 Å². The maximum Gasteiger partial charge on any atom is 0.409 e. The summed E-state index contributed by atoms with van der Waals surface area (Å²) in [6.45, 7) is 13.7. The van der Waals surface area contributed by atoms with Crippen LogP contribution >= 0.6 is 0 Å². The van der Waals surface area contributed by atoms with Crippen LogP contribution in [0.5, 0.6) is 0 Å². The Morgan fingerprint density at radius 3 is 2.05 bits per heavy atom. The number of rotatable bonds is 4. The van der Waals surface area contributed by atoms with E-state index in [-0.39, 0.29) is 18.1 Å². The summed E-state index contributed by atoms with van der Waals surface area (Å²) >= 11 is 0. The van der Waals surface area contributed by atoms with E-state index >= 15 is 0 Å². The third-order valence-corrected chi connectivity index (χ3v) is 3.12. The van der Waals surface area contributed by atoms with Crippen LogP contribution in [0, 0.1) is 11.8 Å². The molecule has 1 aliphatic heterocycles. The van der Waals surface area contributed by atoms with Crippen molar-refractivity contribution in [1.29, 1.82) is 0 Å². The molecule has 1 aliphatic rings. The highest BCUT2D eigenvalue weighted by Crippen LogP contribution is 2.21. The van der Waals surface area contributed by atoms with Crippen molar-refractivity contribution < 1.29 is 14.3 Å². The Labute approximate surface area is 136 Å². The smallest absolute Gasteiger partial charge is 0.409 e. The van der Waals surface area contributed by atoms with Crippen LogP contribution in [0.2, 0.25) is 0 Å². The number of aldehydes is 1. The molecule has 1 unspecified atom stereocenters. The molecule has 0 aromatic heterocycles. The Morgan fingerprint density at radius 2 is 1.73 bits per heavy atom. The minimum atomic E-state index is -0.170. The molecule has 1 atom stereocenters. The van der Waals surface area contributed by atoms with Crippen LogP contribution in [0.4, 0.5) is 4.79 Å². The lowest BCUT2D eigenvalue weighted by atomic mass is 9.91. The molecule has 132 valence electrons. The Bertz CT molecular complexity index is 273. The van der Waals surface area contributed by atoms with Crippen LogP contribution < -0.4 is 5.73 Å². The Kier molecular flexibility index (Phi) is 15.6. The number of nitrogens with zero attached hydrogens (tertiary/aromatic N) is 1. The molecule has 0 aromatic carbocycles. The van der Waals surface area contributed by atoms with Gasteiger partial charge >= 0.3 is 6.09 Å². The molecule has 22 heavy (non-hydrogen) atoms. The number of hydrogen-bond acceptors (Lipinski definition) is 4. The van der Waals surface area contributed by atoms with E-state index in [1.54, 1.807) is 4.90 Å². The van der Waals surface area contributed by atoms with Crippen molar-refractivity contribution in [3.05, 3.63) is 0 Å². The van der Waals surface area contributed by atoms with Gasteiger partial charge in [0.25, 0.3) is 0 Å². The van der Waals surface area contributed by atoms with Gasteiger partial charge < -0.3 is 20.2 Å². The predicted octanol–water partition coefficient (Wildman–Crippen LogP) is 3.46. The number of ether oxygens (including phenoxy) is 1. The van der Waals surface area contributed by atoms with Crippen molar-refractivity contribution in [1.82, 2.24) is 4.90 Å². The summed E-state index contributed by atoms with van der Waals surface area (Å²) in [6.07, 6.45) is 3.92. The van der Waals surface area contributed by atoms with Gasteiger partial charge in [-0.25, -0.2) is 4.79 Å². The molecule has 5 nitrogen and oxygen atoms in total. The number of hydrogen-bond donors (Lipinski definition) is 1. The van der Waals surface area contributed by atoms with Crippen molar-refractivity contribution in [2.24, 2.45) is 17.6 Å². The molecule has 0 aromatic rings. The van der Waals surface area contributed by atoms with E-state index in [9.17, 15) is 9.59 Å². The minimum Gasteiger partial charge on any atom is -0.450 e. The summed E-state index contributed by atoms with van der Waals surface area (Å²) in [5.41, 5.74) is 5.76. The first-order valence-corrected chi connectivity index (χ1v) is 8.53. The van der Waals surface area contributed by atoms with Gasteiger partial charge in [-0.15, -0.1) is 0 Å². The molecule has 5 heteroatoms. The highest BCUT2D eigenvalue weighted by Gasteiger charge is 2.23. The third kappa shape index (κ3) is 12.6. The topological polar surface area (TPSA) is 72.6 Å². The summed E-state index contributed by atoms with van der Waals surface area (Å²) in [7, 11) is 0. The summed E-state index contributed by atoms with van der Waals surface area (Å²) in [4.78, 5) is 22.7. The van der Waals surface area contributed by atoms with E-state index in [0.717, 1.165) is 38.6 Å². The first-order valence-electron chi connectivity index (χ1n) is 8.53. The van der Waals surface area contributed by atoms with Crippen LogP contribution in [0.25, 0.3) is 0 Å². The number of likely N-dealkylation sites (tertiary alicyclic amines) is 1. The summed E-state index contributed by atoms with van der Waals surface area (Å²) in [6, 6.07) is 0.268. The predicted molar refractivity (Wildman–Crippen MR) is 91.8 cm³/mol. The molecular weight excluding hydrogens is 280 g/mol. The lowest BCUT2D eigenvalue weighted by molar-refractivity contribution is -0.110. The zero-order chi connectivity index (χ0) is 17.5. The zero-order valence-corrected chi connectivity index (χ0v) is 15.3. The summed E-state index contributed by atoms with van der Waals surface area (Å²) in [5.74, 6) is 0.880. The van der Waals surface area contributed by atoms with E-state index in [1.165, 1.54) is 0 Å². The van der Waals surface area contributed by atoms with Gasteiger partial charge in [-0.3, -0.25) is 0 Å². The fourth-order valence-electron chi connectivity index (χ4n) is 2.09. The molecule has 0 bridgehead atoms. The molecule has 1 amide bonds. The van der Waals surface area contributed by atoms with Crippen molar-refractivity contribution in [2.75, 3.05) is 19.7 Å². The second kappa shape index (κ2) is 14.8. The normalized spacial score (nSPS) is 15.9. The number of carbonyl (C=O) groups is 2. The molecule has 1 saturated heterocycles. The molecule has 1 heterocycles. The monoisotopic (exact) mass is 316 g/mol. The van der Waals surface area contributed by atoms with Crippen LogP contribution in [0.3, 0.4) is 0 Å². The molecule has 1 fully saturated rings. The van der Waals surface area contributed by atoms with Gasteiger partial charge in [-0.1, -0.05) is 27.7 Å². The van der Waals surface area contributed by atoms with E-state index in [4.69, 9.17) is 10.5 Å². The number of nitrogens with two attached hydrogens (primary N) is 1. The van der Waals surface area contributed by atoms with Crippen LogP contribution in [0.1, 0.15) is 60.8 Å². The van der Waals surface area contributed by atoms with Crippen molar-refractivity contribution >= 4 is 12.4 Å². The second-order valence-electron chi connectivity index (χ2n) is 5.72. The van der Waals surface area contributed by atoms with Gasteiger partial charge in [0, 0.05) is 25.0 Å². The fraction of sp³-hybridized carbons (Fsp3) is 0.882. The first-order chi connectivity index (χ1) is 10.4. The quantitative estimate of drug-likeness (QED) is 0.806. The van der Waals surface area contributed by atoms with Crippen molar-refractivity contribution in [2.45, 2.75) is 66.8 Å². The molecule has 0 aliphatic carbocycles. The van der Waals surface area contributed by atoms with Crippen LogP contribution in [0.15, 0.2) is 0 Å². The SMILES string of the molecule is CC.CC(C)C=O.CCOC(=O)N1CCC(CC(C)N)CC1. The average Bonchev–Trinajstić information content (AvgIpc) is 2.50. The van der Waals surface area contributed by atoms with E-state index in [2.05, 4.69) is 0 Å². The lowest BCUT2D eigenvalue weighted by Gasteiger charge is -2.31. The zero-order valence-electron chi connectivity index (χ0n) is 15.3. The Hall–Kier alpha value is -1.10. The van der Waals surface area contributed by atoms with Gasteiger partial charge in [0.2, 0.25) is 0 Å². The standard InChI is InChI=1S/C11H22N2O2.C4H8O.C2H6/c1-3-15-11(14)13-6-4-10(5-7-13)8-9(2)12;1-4(2)3-5;1-2/h9-10H,3-8,12H2,1-2H3;3-4H,1-2H3;1-2H3. The van der Waals surface area contributed by atoms with E-state index in [0.29, 0.717) is 12.5 Å². The lowest BCUT2D eigenvalue weighted by Crippen LogP contribution is -2.39. The van der Waals surface area contributed by atoms with Gasteiger partial charge in [-0.05, 0) is 39.0 Å². The van der Waals surface area contributed by atoms with Gasteiger partial charge in [0.1, 0.15) is 6.29 Å². The highest BCUT2D eigenvalue weighted by atomic mass is 16.6. The summed E-state index contributed by atoms with van der Waals surface area (Å²) < 4.78 is 4.96. The Morgan fingerprint density at radius 1 is 1.27 bits per heavy atom. The van der Waals surface area contributed by atoms with Gasteiger partial charge in [0.15, 0.2) is 0 Å². The molecule has 0 saturated carbocycles. The number of carbonyl (C=O) groups excluding carboxylic acids is 2. The minimum absolute atomic E-state index is 0.170. The molecule has 0 spiro atoms. The third-order valence-electron chi connectivity index (χ3n) is 3.12. The molecule has 0 radical (unpaired) electrons. The van der Waals surface area contributed by atoms with E-state index in [1.807, 2.05) is 41.5 Å². The maximum absolute atomic E-state index is 11.4. The van der Waals surface area contributed by atoms with Gasteiger partial charge in [-0.2, -0.15) is 0 Å². The van der Waals surface area contributed by atoms with Gasteiger partial charge in [0.05, 0.1) is 6.61 Å². The fourth-order valence-corrected chi connectivity index (χ4v) is 2.09. The highest BCUT2D eigenvalue weighted by molar-refractivity contribution is 5.67. The second-order valence-corrected chi connectivity index (χ2v) is 5.72. The number of amides is 1. The maximum atomic E-state index is 11.4. The average molecular weight is 316 g/mol. The Balaban J connectivity index is 0. The number of piperidine rings is 1. The van der Waals surface area contributed by atoms with Crippen LogP contribution in [-0.4, -0.2) is 43.0 Å². The molecule has 2 N–H and O–H groups in total. The van der Waals surface area contributed by atoms with Crippen molar-refractivity contribution in [3.63, 3.8) is 0 Å². The molecular formula is C17H36N2O3. The largest absolute Gasteiger partial charge is 0.450 e. The molecule has 1 rings (SSSR count). The first kappa shape index (κ1) is 23.2. The van der Waals surface area contributed by atoms with Crippen LogP contribution in [-0.2, 0) is 9.53 Å².